The van der Waals surface area contributed by atoms with Gasteiger partial charge in [0.05, 0.1) is 13.3 Å². The first-order valence-electron chi connectivity index (χ1n) is 6.52. The molecule has 102 valence electrons. The number of rotatable bonds is 2. The Hall–Kier alpha value is -2.08. The van der Waals surface area contributed by atoms with Gasteiger partial charge in [0.1, 0.15) is 5.75 Å². The summed E-state index contributed by atoms with van der Waals surface area (Å²) in [5.41, 5.74) is 2.53. The van der Waals surface area contributed by atoms with E-state index in [-0.39, 0.29) is 0 Å². The van der Waals surface area contributed by atoms with Crippen molar-refractivity contribution in [2.45, 2.75) is 19.4 Å². The summed E-state index contributed by atoms with van der Waals surface area (Å²) in [5.74, 6) is 0.909. The van der Waals surface area contributed by atoms with E-state index < -0.39 is 0 Å². The number of hydrogen-bond acceptors (Lipinski definition) is 5. The van der Waals surface area contributed by atoms with E-state index in [0.29, 0.717) is 6.04 Å². The Morgan fingerprint density at radius 3 is 3.10 bits per heavy atom. The van der Waals surface area contributed by atoms with Gasteiger partial charge in [0.25, 0.3) is 0 Å². The van der Waals surface area contributed by atoms with Crippen LogP contribution in [0.4, 0.5) is 10.8 Å². The fourth-order valence-electron chi connectivity index (χ4n) is 2.75. The summed E-state index contributed by atoms with van der Waals surface area (Å²) >= 11 is 1.61. The van der Waals surface area contributed by atoms with Crippen LogP contribution in [0.25, 0.3) is 4.96 Å². The molecule has 1 unspecified atom stereocenters. The minimum absolute atomic E-state index is 0.396. The second-order valence-corrected chi connectivity index (χ2v) is 5.89. The van der Waals surface area contributed by atoms with E-state index in [9.17, 15) is 0 Å². The molecular weight excluding hydrogens is 272 g/mol. The van der Waals surface area contributed by atoms with Crippen molar-refractivity contribution in [3.63, 3.8) is 0 Å². The normalized spacial score (nSPS) is 17.7. The average Bonchev–Trinajstić information content (AvgIpc) is 3.08. The lowest BCUT2D eigenvalue weighted by atomic mass is 10.1. The van der Waals surface area contributed by atoms with Crippen molar-refractivity contribution >= 4 is 27.1 Å². The highest BCUT2D eigenvalue weighted by atomic mass is 32.1. The van der Waals surface area contributed by atoms with Crippen LogP contribution >= 0.6 is 11.3 Å². The van der Waals surface area contributed by atoms with E-state index in [1.807, 2.05) is 16.8 Å². The number of nitrogens with zero attached hydrogens (tertiary/aromatic N) is 4. The van der Waals surface area contributed by atoms with E-state index >= 15 is 0 Å². The van der Waals surface area contributed by atoms with Gasteiger partial charge in [-0.1, -0.05) is 11.3 Å². The molecule has 0 bridgehead atoms. The summed E-state index contributed by atoms with van der Waals surface area (Å²) in [7, 11) is 1.70. The molecule has 0 radical (unpaired) electrons. The lowest BCUT2D eigenvalue weighted by Crippen LogP contribution is -2.23. The first-order valence-corrected chi connectivity index (χ1v) is 7.34. The van der Waals surface area contributed by atoms with Gasteiger partial charge in [-0.15, -0.1) is 5.10 Å². The number of anilines is 2. The number of ether oxygens (including phenoxy) is 1. The lowest BCUT2D eigenvalue weighted by Gasteiger charge is -2.21. The van der Waals surface area contributed by atoms with Gasteiger partial charge in [0, 0.05) is 17.9 Å². The SMILES string of the molecule is COc1ccc2c(c1)CC(C)N2c1nn2ccnc2s1. The van der Waals surface area contributed by atoms with Crippen molar-refractivity contribution in [1.29, 1.82) is 0 Å². The summed E-state index contributed by atoms with van der Waals surface area (Å²) in [6, 6.07) is 6.63. The third-order valence-corrected chi connectivity index (χ3v) is 4.61. The smallest absolute Gasteiger partial charge is 0.213 e. The molecule has 2 aromatic heterocycles. The van der Waals surface area contributed by atoms with E-state index in [2.05, 4.69) is 34.0 Å². The van der Waals surface area contributed by atoms with Crippen molar-refractivity contribution in [2.75, 3.05) is 12.0 Å². The maximum Gasteiger partial charge on any atom is 0.213 e. The van der Waals surface area contributed by atoms with Gasteiger partial charge in [-0.25, -0.2) is 9.50 Å². The molecule has 1 aromatic carbocycles. The number of imidazole rings is 1. The second-order valence-electron chi connectivity index (χ2n) is 4.96. The third-order valence-electron chi connectivity index (χ3n) is 3.67. The summed E-state index contributed by atoms with van der Waals surface area (Å²) in [6.07, 6.45) is 4.66. The fourth-order valence-corrected chi connectivity index (χ4v) is 3.73. The predicted molar refractivity (Wildman–Crippen MR) is 79.2 cm³/mol. The molecule has 6 heteroatoms. The van der Waals surface area contributed by atoms with Gasteiger partial charge in [0.15, 0.2) is 0 Å². The zero-order valence-corrected chi connectivity index (χ0v) is 12.1. The average molecular weight is 286 g/mol. The number of methoxy groups -OCH3 is 1. The molecule has 0 saturated carbocycles. The monoisotopic (exact) mass is 286 g/mol. The molecule has 4 rings (SSSR count). The Kier molecular flexibility index (Phi) is 2.47. The molecule has 1 aliphatic heterocycles. The molecule has 1 aliphatic rings. The molecule has 1 atom stereocenters. The van der Waals surface area contributed by atoms with Crippen molar-refractivity contribution in [3.05, 3.63) is 36.2 Å². The van der Waals surface area contributed by atoms with E-state index in [4.69, 9.17) is 4.74 Å². The quantitative estimate of drug-likeness (QED) is 0.726. The molecule has 0 saturated heterocycles. The maximum absolute atomic E-state index is 5.31. The van der Waals surface area contributed by atoms with Gasteiger partial charge >= 0.3 is 0 Å². The fraction of sp³-hybridized carbons (Fsp3) is 0.286. The topological polar surface area (TPSA) is 42.7 Å². The Labute approximate surface area is 120 Å². The van der Waals surface area contributed by atoms with Crippen LogP contribution in [0, 0.1) is 0 Å². The van der Waals surface area contributed by atoms with Crippen LogP contribution < -0.4 is 9.64 Å². The summed E-state index contributed by atoms with van der Waals surface area (Å²) in [4.78, 5) is 7.50. The van der Waals surface area contributed by atoms with Crippen LogP contribution in [0.2, 0.25) is 0 Å². The van der Waals surface area contributed by atoms with Crippen molar-refractivity contribution in [2.24, 2.45) is 0 Å². The summed E-state index contributed by atoms with van der Waals surface area (Å²) in [6.45, 7) is 2.22. The Morgan fingerprint density at radius 2 is 2.30 bits per heavy atom. The summed E-state index contributed by atoms with van der Waals surface area (Å²) < 4.78 is 7.13. The first kappa shape index (κ1) is 11.7. The Balaban J connectivity index is 1.81. The Bertz CT molecular complexity index is 750. The first-order chi connectivity index (χ1) is 9.76. The highest BCUT2D eigenvalue weighted by molar-refractivity contribution is 7.20. The van der Waals surface area contributed by atoms with Crippen LogP contribution in [-0.2, 0) is 6.42 Å². The molecule has 20 heavy (non-hydrogen) atoms. The molecule has 0 aliphatic carbocycles. The highest BCUT2D eigenvalue weighted by Gasteiger charge is 2.30. The van der Waals surface area contributed by atoms with Crippen LogP contribution in [0.5, 0.6) is 5.75 Å². The van der Waals surface area contributed by atoms with Gasteiger partial charge in [-0.05, 0) is 37.1 Å². The second kappa shape index (κ2) is 4.21. The van der Waals surface area contributed by atoms with E-state index in [1.54, 1.807) is 24.6 Å². The van der Waals surface area contributed by atoms with Gasteiger partial charge in [-0.3, -0.25) is 0 Å². The van der Waals surface area contributed by atoms with Crippen molar-refractivity contribution in [1.82, 2.24) is 14.6 Å². The largest absolute Gasteiger partial charge is 0.497 e. The number of fused-ring (bicyclic) bond motifs is 2. The minimum atomic E-state index is 0.396. The van der Waals surface area contributed by atoms with Crippen LogP contribution in [0.1, 0.15) is 12.5 Å². The van der Waals surface area contributed by atoms with Crippen molar-refractivity contribution < 1.29 is 4.74 Å². The van der Waals surface area contributed by atoms with Crippen molar-refractivity contribution in [3.8, 4) is 5.75 Å². The lowest BCUT2D eigenvalue weighted by molar-refractivity contribution is 0.414. The predicted octanol–water partition coefficient (Wildman–Crippen LogP) is 2.88. The molecule has 5 nitrogen and oxygen atoms in total. The maximum atomic E-state index is 5.31. The molecule has 0 spiro atoms. The number of hydrogen-bond donors (Lipinski definition) is 0. The van der Waals surface area contributed by atoms with Gasteiger partial charge in [-0.2, -0.15) is 0 Å². The third kappa shape index (κ3) is 1.61. The van der Waals surface area contributed by atoms with E-state index in [0.717, 1.165) is 22.3 Å². The van der Waals surface area contributed by atoms with Crippen LogP contribution in [-0.4, -0.2) is 27.7 Å². The zero-order chi connectivity index (χ0) is 13.7. The molecule has 0 N–H and O–H groups in total. The van der Waals surface area contributed by atoms with Gasteiger partial charge in [0.2, 0.25) is 10.1 Å². The molecule has 0 fully saturated rings. The molecule has 0 amide bonds. The molecule has 3 aromatic rings. The number of benzene rings is 1. The zero-order valence-electron chi connectivity index (χ0n) is 11.3. The molecular formula is C14H14N4OS. The summed E-state index contributed by atoms with van der Waals surface area (Å²) in [5, 5.41) is 5.60. The molecule has 3 heterocycles. The van der Waals surface area contributed by atoms with Crippen LogP contribution in [0.3, 0.4) is 0 Å². The van der Waals surface area contributed by atoms with Gasteiger partial charge < -0.3 is 9.64 Å². The number of aromatic nitrogens is 3. The van der Waals surface area contributed by atoms with E-state index in [1.165, 1.54) is 11.3 Å². The highest BCUT2D eigenvalue weighted by Crippen LogP contribution is 2.41. The standard InChI is InChI=1S/C14H14N4OS/c1-9-7-10-8-11(19-2)3-4-12(10)18(9)14-16-17-6-5-15-13(17)20-14/h3-6,8-9H,7H2,1-2H3. The minimum Gasteiger partial charge on any atom is -0.497 e. The van der Waals surface area contributed by atoms with Crippen LogP contribution in [0.15, 0.2) is 30.6 Å². The Morgan fingerprint density at radius 1 is 1.40 bits per heavy atom.